The van der Waals surface area contributed by atoms with Gasteiger partial charge in [-0.25, -0.2) is 0 Å². The van der Waals surface area contributed by atoms with Gasteiger partial charge in [-0.1, -0.05) is 19.1 Å². The van der Waals surface area contributed by atoms with Crippen LogP contribution in [0.4, 0.5) is 0 Å². The summed E-state index contributed by atoms with van der Waals surface area (Å²) in [4.78, 5) is 0. The molecule has 0 heterocycles. The number of rotatable bonds is 6. The fraction of sp³-hybridized carbons (Fsp3) is 0.385. The average Bonchev–Trinajstić information content (AvgIpc) is 2.27. The first kappa shape index (κ1) is 16.2. The van der Waals surface area contributed by atoms with Gasteiger partial charge in [0.05, 0.1) is 13.7 Å². The van der Waals surface area contributed by atoms with Crippen LogP contribution in [0.3, 0.4) is 0 Å². The molecule has 2 nitrogen and oxygen atoms in total. The van der Waals surface area contributed by atoms with Crippen molar-refractivity contribution in [3.63, 3.8) is 0 Å². The molecular formula is C13H19KO2. The fourth-order valence-electron chi connectivity index (χ4n) is 1.34. The van der Waals surface area contributed by atoms with E-state index in [2.05, 4.69) is 13.5 Å². The minimum Gasteiger partial charge on any atom is -1.00 e. The van der Waals surface area contributed by atoms with Crippen LogP contribution < -0.4 is 60.9 Å². The van der Waals surface area contributed by atoms with E-state index in [-0.39, 0.29) is 52.8 Å². The second-order valence-electron chi connectivity index (χ2n) is 3.33. The number of allylic oxidation sites excluding steroid dienone is 1. The smallest absolute Gasteiger partial charge is 1.00 e. The predicted octanol–water partition coefficient (Wildman–Crippen LogP) is 0.329. The first-order valence-corrected chi connectivity index (χ1v) is 5.22. The molecule has 0 bridgehead atoms. The Bertz CT molecular complexity index is 329. The van der Waals surface area contributed by atoms with E-state index in [0.717, 1.165) is 30.9 Å². The molecule has 84 valence electrons. The molecule has 1 aromatic carbocycles. The number of methoxy groups -OCH3 is 1. The van der Waals surface area contributed by atoms with Crippen LogP contribution in [0.1, 0.15) is 20.3 Å². The van der Waals surface area contributed by atoms with Crippen molar-refractivity contribution in [1.29, 1.82) is 0 Å². The van der Waals surface area contributed by atoms with Gasteiger partial charge < -0.3 is 10.9 Å². The Morgan fingerprint density at radius 2 is 2.12 bits per heavy atom. The van der Waals surface area contributed by atoms with Gasteiger partial charge in [0, 0.05) is 0 Å². The molecule has 0 unspecified atom stereocenters. The van der Waals surface area contributed by atoms with Crippen LogP contribution in [-0.4, -0.2) is 13.7 Å². The Balaban J connectivity index is 0. The van der Waals surface area contributed by atoms with Crippen molar-refractivity contribution >= 4 is 0 Å². The van der Waals surface area contributed by atoms with Crippen LogP contribution in [0.2, 0.25) is 0 Å². The zero-order valence-electron chi connectivity index (χ0n) is 11.5. The van der Waals surface area contributed by atoms with Crippen molar-refractivity contribution in [3.8, 4) is 11.5 Å². The molecule has 0 aliphatic carbocycles. The van der Waals surface area contributed by atoms with Crippen LogP contribution in [0, 0.1) is 0 Å². The Morgan fingerprint density at radius 1 is 1.38 bits per heavy atom. The molecule has 0 fully saturated rings. The third-order valence-electron chi connectivity index (χ3n) is 2.07. The van der Waals surface area contributed by atoms with Gasteiger partial charge in [-0.05, 0) is 30.5 Å². The SMILES string of the molecule is C=CCc1ccc(OCCC)c(OC)c1.[H-].[K+]. The fourth-order valence-corrected chi connectivity index (χ4v) is 1.34. The zero-order chi connectivity index (χ0) is 11.1. The Kier molecular flexibility index (Phi) is 9.36. The Morgan fingerprint density at radius 3 is 2.69 bits per heavy atom. The predicted molar refractivity (Wildman–Crippen MR) is 63.8 cm³/mol. The number of benzene rings is 1. The maximum atomic E-state index is 5.56. The molecule has 1 rings (SSSR count). The number of ether oxygens (including phenoxy) is 2. The molecule has 0 saturated heterocycles. The van der Waals surface area contributed by atoms with Crippen molar-refractivity contribution in [3.05, 3.63) is 36.4 Å². The molecule has 0 atom stereocenters. The van der Waals surface area contributed by atoms with Crippen molar-refractivity contribution in [2.75, 3.05) is 13.7 Å². The normalized spacial score (nSPS) is 9.12. The summed E-state index contributed by atoms with van der Waals surface area (Å²) in [7, 11) is 1.66. The summed E-state index contributed by atoms with van der Waals surface area (Å²) in [5.41, 5.74) is 1.19. The molecular weight excluding hydrogens is 227 g/mol. The summed E-state index contributed by atoms with van der Waals surface area (Å²) in [5, 5.41) is 0. The first-order chi connectivity index (χ1) is 7.31. The van der Waals surface area contributed by atoms with E-state index < -0.39 is 0 Å². The van der Waals surface area contributed by atoms with E-state index >= 15 is 0 Å². The van der Waals surface area contributed by atoms with Crippen LogP contribution in [0.25, 0.3) is 0 Å². The van der Waals surface area contributed by atoms with E-state index in [1.54, 1.807) is 7.11 Å². The summed E-state index contributed by atoms with van der Waals surface area (Å²) in [5.74, 6) is 1.61. The van der Waals surface area contributed by atoms with Crippen molar-refractivity contribution in [2.45, 2.75) is 19.8 Å². The van der Waals surface area contributed by atoms with Gasteiger partial charge in [-0.15, -0.1) is 6.58 Å². The monoisotopic (exact) mass is 246 g/mol. The molecule has 3 heteroatoms. The molecule has 0 aliphatic heterocycles. The second kappa shape index (κ2) is 9.25. The molecule has 0 N–H and O–H groups in total. The van der Waals surface area contributed by atoms with Gasteiger partial charge in [0.1, 0.15) is 0 Å². The minimum atomic E-state index is 0. The minimum absolute atomic E-state index is 0. The van der Waals surface area contributed by atoms with E-state index in [9.17, 15) is 0 Å². The van der Waals surface area contributed by atoms with Gasteiger partial charge >= 0.3 is 51.4 Å². The molecule has 0 aromatic heterocycles. The summed E-state index contributed by atoms with van der Waals surface area (Å²) in [6.45, 7) is 6.51. The van der Waals surface area contributed by atoms with Gasteiger partial charge in [-0.2, -0.15) is 0 Å². The van der Waals surface area contributed by atoms with Crippen molar-refractivity contribution in [1.82, 2.24) is 0 Å². The zero-order valence-corrected chi connectivity index (χ0v) is 13.6. The van der Waals surface area contributed by atoms with Gasteiger partial charge in [0.25, 0.3) is 0 Å². The largest absolute Gasteiger partial charge is 1.00 e. The Labute approximate surface area is 142 Å². The number of hydrogen-bond donors (Lipinski definition) is 0. The third-order valence-corrected chi connectivity index (χ3v) is 2.07. The van der Waals surface area contributed by atoms with E-state index in [1.165, 1.54) is 5.56 Å². The van der Waals surface area contributed by atoms with Crippen LogP contribution in [0.5, 0.6) is 11.5 Å². The first-order valence-electron chi connectivity index (χ1n) is 5.22. The molecule has 0 saturated carbocycles. The van der Waals surface area contributed by atoms with E-state index in [1.807, 2.05) is 24.3 Å². The van der Waals surface area contributed by atoms with Crippen molar-refractivity contribution < 1.29 is 62.3 Å². The van der Waals surface area contributed by atoms with Crippen LogP contribution in [-0.2, 0) is 6.42 Å². The molecule has 16 heavy (non-hydrogen) atoms. The molecule has 1 aromatic rings. The van der Waals surface area contributed by atoms with Gasteiger partial charge in [0.2, 0.25) is 0 Å². The van der Waals surface area contributed by atoms with Gasteiger partial charge in [-0.3, -0.25) is 0 Å². The van der Waals surface area contributed by atoms with Crippen molar-refractivity contribution in [2.24, 2.45) is 0 Å². The standard InChI is InChI=1S/C13H18O2.K.H/c1-4-6-11-7-8-12(15-9-5-2)13(10-11)14-3;;/h4,7-8,10H,1,5-6,9H2,2-3H3;;/q;+1;-1. The molecule has 0 spiro atoms. The summed E-state index contributed by atoms with van der Waals surface area (Å²) < 4.78 is 10.8. The molecule has 0 amide bonds. The summed E-state index contributed by atoms with van der Waals surface area (Å²) >= 11 is 0. The average molecular weight is 246 g/mol. The van der Waals surface area contributed by atoms with Crippen LogP contribution >= 0.6 is 0 Å². The quantitative estimate of drug-likeness (QED) is 0.532. The van der Waals surface area contributed by atoms with E-state index in [4.69, 9.17) is 9.47 Å². The maximum Gasteiger partial charge on any atom is 1.00 e. The third kappa shape index (κ3) is 5.02. The number of hydrogen-bond acceptors (Lipinski definition) is 2. The molecule has 0 radical (unpaired) electrons. The van der Waals surface area contributed by atoms with E-state index in [0.29, 0.717) is 0 Å². The van der Waals surface area contributed by atoms with Crippen LogP contribution in [0.15, 0.2) is 30.9 Å². The topological polar surface area (TPSA) is 18.5 Å². The second-order valence-corrected chi connectivity index (χ2v) is 3.33. The maximum absolute atomic E-state index is 5.56. The Hall–Kier alpha value is 0.196. The summed E-state index contributed by atoms with van der Waals surface area (Å²) in [6.07, 6.45) is 3.73. The van der Waals surface area contributed by atoms with Gasteiger partial charge in [0.15, 0.2) is 11.5 Å². The summed E-state index contributed by atoms with van der Waals surface area (Å²) in [6, 6.07) is 5.98. The molecule has 0 aliphatic rings.